The molecule has 1 heterocycles. The lowest BCUT2D eigenvalue weighted by atomic mass is 10.0. The Morgan fingerprint density at radius 1 is 1.07 bits per heavy atom. The van der Waals surface area contributed by atoms with Gasteiger partial charge < -0.3 is 9.47 Å². The van der Waals surface area contributed by atoms with Gasteiger partial charge in [0.25, 0.3) is 0 Å². The average molecular weight is 412 g/mol. The van der Waals surface area contributed by atoms with E-state index in [9.17, 15) is 9.59 Å². The molecule has 0 saturated heterocycles. The molecule has 0 amide bonds. The van der Waals surface area contributed by atoms with E-state index >= 15 is 0 Å². The van der Waals surface area contributed by atoms with Crippen LogP contribution in [-0.2, 0) is 22.6 Å². The molecule has 0 N–H and O–H groups in total. The Labute approximate surface area is 174 Å². The number of Topliss-reactive ketones (excluding diaryl/α,β-unsaturated/α-hetero) is 1. The first kappa shape index (κ1) is 20.8. The van der Waals surface area contributed by atoms with Crippen molar-refractivity contribution < 1.29 is 19.1 Å². The van der Waals surface area contributed by atoms with Crippen molar-refractivity contribution in [2.45, 2.75) is 33.8 Å². The molecule has 1 aromatic heterocycles. The van der Waals surface area contributed by atoms with Crippen molar-refractivity contribution in [3.63, 3.8) is 0 Å². The van der Waals surface area contributed by atoms with Crippen LogP contribution in [0.5, 0.6) is 5.75 Å². The maximum absolute atomic E-state index is 12.4. The largest absolute Gasteiger partial charge is 0.496 e. The van der Waals surface area contributed by atoms with Crippen molar-refractivity contribution in [2.75, 3.05) is 7.11 Å². The Kier molecular flexibility index (Phi) is 6.18. The number of hydrogen-bond acceptors (Lipinski definition) is 5. The summed E-state index contributed by atoms with van der Waals surface area (Å²) in [6, 6.07) is 10.9. The number of nitrogens with zero attached hydrogens (tertiary/aromatic N) is 1. The van der Waals surface area contributed by atoms with Crippen molar-refractivity contribution in [1.29, 1.82) is 0 Å². The fourth-order valence-corrected chi connectivity index (χ4v) is 3.30. The maximum Gasteiger partial charge on any atom is 0.310 e. The number of methoxy groups -OCH3 is 1. The van der Waals surface area contributed by atoms with Gasteiger partial charge in [-0.15, -0.1) is 0 Å². The van der Waals surface area contributed by atoms with Gasteiger partial charge in [-0.05, 0) is 56.2 Å². The molecule has 29 heavy (non-hydrogen) atoms. The van der Waals surface area contributed by atoms with Gasteiger partial charge in [0.15, 0.2) is 5.78 Å². The van der Waals surface area contributed by atoms with Gasteiger partial charge in [-0.2, -0.15) is 0 Å². The van der Waals surface area contributed by atoms with Crippen LogP contribution in [-0.4, -0.2) is 23.8 Å². The summed E-state index contributed by atoms with van der Waals surface area (Å²) in [6.07, 6.45) is -0.0127. The van der Waals surface area contributed by atoms with Crippen LogP contribution >= 0.6 is 11.6 Å². The quantitative estimate of drug-likeness (QED) is 0.324. The average Bonchev–Trinajstić information content (AvgIpc) is 2.69. The fraction of sp³-hybridized carbons (Fsp3) is 0.261. The molecular weight excluding hydrogens is 390 g/mol. The number of ketones is 1. The van der Waals surface area contributed by atoms with Crippen LogP contribution in [0.25, 0.3) is 10.9 Å². The lowest BCUT2D eigenvalue weighted by Gasteiger charge is -2.12. The first-order valence-corrected chi connectivity index (χ1v) is 9.56. The number of aromatic nitrogens is 1. The molecule has 3 rings (SSSR count). The molecule has 0 aliphatic heterocycles. The van der Waals surface area contributed by atoms with Gasteiger partial charge in [-0.25, -0.2) is 4.98 Å². The normalized spacial score (nSPS) is 10.8. The minimum Gasteiger partial charge on any atom is -0.496 e. The van der Waals surface area contributed by atoms with Crippen LogP contribution in [0.1, 0.15) is 39.5 Å². The molecule has 6 heteroatoms. The lowest BCUT2D eigenvalue weighted by Crippen LogP contribution is -2.10. The number of halogens is 1. The highest BCUT2D eigenvalue weighted by Gasteiger charge is 2.14. The zero-order valence-electron chi connectivity index (χ0n) is 16.8. The molecule has 0 radical (unpaired) electrons. The van der Waals surface area contributed by atoms with E-state index in [4.69, 9.17) is 21.1 Å². The molecule has 0 aliphatic carbocycles. The molecule has 0 unspecified atom stereocenters. The molecule has 150 valence electrons. The highest BCUT2D eigenvalue weighted by atomic mass is 35.5. The monoisotopic (exact) mass is 411 g/mol. The smallest absolute Gasteiger partial charge is 0.310 e. The third-order valence-electron chi connectivity index (χ3n) is 4.95. The van der Waals surface area contributed by atoms with Crippen molar-refractivity contribution in [2.24, 2.45) is 0 Å². The van der Waals surface area contributed by atoms with E-state index < -0.39 is 5.97 Å². The predicted molar refractivity (Wildman–Crippen MR) is 113 cm³/mol. The zero-order chi connectivity index (χ0) is 21.1. The Bertz CT molecular complexity index is 1110. The first-order chi connectivity index (χ1) is 13.8. The van der Waals surface area contributed by atoms with Gasteiger partial charge in [-0.1, -0.05) is 23.7 Å². The van der Waals surface area contributed by atoms with Crippen LogP contribution < -0.4 is 4.74 Å². The fourth-order valence-electron chi connectivity index (χ4n) is 3.11. The Hall–Kier alpha value is -2.92. The van der Waals surface area contributed by atoms with E-state index in [0.717, 1.165) is 22.0 Å². The van der Waals surface area contributed by atoms with Crippen LogP contribution in [0, 0.1) is 13.8 Å². The van der Waals surface area contributed by atoms with Gasteiger partial charge in [0.1, 0.15) is 17.5 Å². The molecular formula is C23H22ClNO4. The Morgan fingerprint density at radius 2 is 1.83 bits per heavy atom. The lowest BCUT2D eigenvalue weighted by molar-refractivity contribution is -0.144. The molecule has 0 bridgehead atoms. The van der Waals surface area contributed by atoms with Crippen molar-refractivity contribution in [1.82, 2.24) is 4.98 Å². The topological polar surface area (TPSA) is 65.5 Å². The third kappa shape index (κ3) is 4.57. The van der Waals surface area contributed by atoms with E-state index in [1.807, 2.05) is 32.0 Å². The predicted octanol–water partition coefficient (Wildman–Crippen LogP) is 5.00. The van der Waals surface area contributed by atoms with Crippen LogP contribution in [0.15, 0.2) is 36.4 Å². The number of esters is 1. The van der Waals surface area contributed by atoms with E-state index in [-0.39, 0.29) is 18.8 Å². The number of carbonyl (C=O) groups is 2. The second kappa shape index (κ2) is 8.62. The number of ether oxygens (including phenoxy) is 2. The van der Waals surface area contributed by atoms with Crippen molar-refractivity contribution in [3.8, 4) is 5.75 Å². The zero-order valence-corrected chi connectivity index (χ0v) is 17.6. The highest BCUT2D eigenvalue weighted by Crippen LogP contribution is 2.26. The molecule has 0 saturated carbocycles. The van der Waals surface area contributed by atoms with Gasteiger partial charge in [0.05, 0.1) is 19.0 Å². The van der Waals surface area contributed by atoms with E-state index in [1.165, 1.54) is 14.0 Å². The van der Waals surface area contributed by atoms with Crippen LogP contribution in [0.4, 0.5) is 0 Å². The van der Waals surface area contributed by atoms with Crippen molar-refractivity contribution in [3.05, 3.63) is 69.4 Å². The maximum atomic E-state index is 12.4. The summed E-state index contributed by atoms with van der Waals surface area (Å²) in [5.41, 5.74) is 4.81. The number of rotatable bonds is 6. The molecule has 0 aliphatic rings. The van der Waals surface area contributed by atoms with Crippen LogP contribution in [0.2, 0.25) is 5.15 Å². The second-order valence-corrected chi connectivity index (χ2v) is 7.30. The summed E-state index contributed by atoms with van der Waals surface area (Å²) in [4.78, 5) is 28.5. The number of fused-ring (bicyclic) bond motifs is 1. The van der Waals surface area contributed by atoms with Gasteiger partial charge >= 0.3 is 5.97 Å². The second-order valence-electron chi connectivity index (χ2n) is 6.94. The summed E-state index contributed by atoms with van der Waals surface area (Å²) in [7, 11) is 1.52. The standard InChI is InChI=1S/C23H22ClNO4/c1-13-5-6-17-10-19(23(24)25-22(17)14(13)2)12-29-21(27)11-18-9-16(15(3)26)7-8-20(18)28-4/h5-10H,11-12H2,1-4H3. The molecule has 3 aromatic rings. The number of pyridine rings is 1. The molecule has 0 spiro atoms. The van der Waals surface area contributed by atoms with Gasteiger partial charge in [0.2, 0.25) is 0 Å². The summed E-state index contributed by atoms with van der Waals surface area (Å²) < 4.78 is 10.7. The Morgan fingerprint density at radius 3 is 2.52 bits per heavy atom. The molecule has 5 nitrogen and oxygen atoms in total. The summed E-state index contributed by atoms with van der Waals surface area (Å²) in [5.74, 6) is 0.00488. The minimum absolute atomic E-state index is 0.0127. The van der Waals surface area contributed by atoms with Gasteiger partial charge in [-0.3, -0.25) is 9.59 Å². The molecule has 0 atom stereocenters. The van der Waals surface area contributed by atoms with E-state index in [1.54, 1.807) is 18.2 Å². The van der Waals surface area contributed by atoms with E-state index in [0.29, 0.717) is 27.6 Å². The number of carbonyl (C=O) groups excluding carboxylic acids is 2. The van der Waals surface area contributed by atoms with Crippen LogP contribution in [0.3, 0.4) is 0 Å². The minimum atomic E-state index is -0.444. The number of benzene rings is 2. The molecule has 0 fully saturated rings. The van der Waals surface area contributed by atoms with Gasteiger partial charge in [0, 0.05) is 22.1 Å². The number of aryl methyl sites for hydroxylation is 2. The summed E-state index contributed by atoms with van der Waals surface area (Å²) in [6.45, 7) is 5.52. The molecule has 2 aromatic carbocycles. The van der Waals surface area contributed by atoms with E-state index in [2.05, 4.69) is 4.98 Å². The summed E-state index contributed by atoms with van der Waals surface area (Å²) in [5, 5.41) is 1.26. The highest BCUT2D eigenvalue weighted by molar-refractivity contribution is 6.30. The van der Waals surface area contributed by atoms with Crippen molar-refractivity contribution >= 4 is 34.3 Å². The SMILES string of the molecule is COc1ccc(C(C)=O)cc1CC(=O)OCc1cc2ccc(C)c(C)c2nc1Cl. The third-order valence-corrected chi connectivity index (χ3v) is 5.28. The number of hydrogen-bond donors (Lipinski definition) is 0. The Balaban J connectivity index is 1.76. The first-order valence-electron chi connectivity index (χ1n) is 9.19. The summed E-state index contributed by atoms with van der Waals surface area (Å²) >= 11 is 6.31.